The van der Waals surface area contributed by atoms with Crippen LogP contribution < -0.4 is 9.96 Å². The fourth-order valence-electron chi connectivity index (χ4n) is 2.28. The van der Waals surface area contributed by atoms with Gasteiger partial charge in [-0.05, 0) is 29.7 Å². The molecular formula is C16H22N2O3. The van der Waals surface area contributed by atoms with Gasteiger partial charge in [-0.2, -0.15) is 0 Å². The number of anilines is 1. The molecular weight excluding hydrogens is 268 g/mol. The highest BCUT2D eigenvalue weighted by Gasteiger charge is 2.22. The SMILES string of the molecule is COc1ccc2c(C(C)(C)C)nc(N(OC)OC)cc2c1. The first-order valence-corrected chi connectivity index (χ1v) is 6.78. The smallest absolute Gasteiger partial charge is 0.184 e. The Labute approximate surface area is 125 Å². The Kier molecular flexibility index (Phi) is 4.34. The molecule has 114 valence electrons. The third kappa shape index (κ3) is 3.09. The first-order chi connectivity index (χ1) is 9.90. The summed E-state index contributed by atoms with van der Waals surface area (Å²) in [4.78, 5) is 15.1. The first-order valence-electron chi connectivity index (χ1n) is 6.78. The second-order valence-corrected chi connectivity index (χ2v) is 5.79. The number of fused-ring (bicyclic) bond motifs is 1. The van der Waals surface area contributed by atoms with Crippen molar-refractivity contribution in [2.45, 2.75) is 26.2 Å². The van der Waals surface area contributed by atoms with E-state index in [-0.39, 0.29) is 5.41 Å². The van der Waals surface area contributed by atoms with Gasteiger partial charge < -0.3 is 4.74 Å². The van der Waals surface area contributed by atoms with Gasteiger partial charge in [0.1, 0.15) is 5.75 Å². The zero-order valence-corrected chi connectivity index (χ0v) is 13.4. The lowest BCUT2D eigenvalue weighted by atomic mass is 9.88. The molecule has 1 aromatic heterocycles. The summed E-state index contributed by atoms with van der Waals surface area (Å²) < 4.78 is 5.30. The average Bonchev–Trinajstić information content (AvgIpc) is 2.46. The Morgan fingerprint density at radius 1 is 1.00 bits per heavy atom. The molecule has 0 atom stereocenters. The van der Waals surface area contributed by atoms with Crippen molar-refractivity contribution in [2.24, 2.45) is 0 Å². The summed E-state index contributed by atoms with van der Waals surface area (Å²) in [6.45, 7) is 6.40. The third-order valence-corrected chi connectivity index (χ3v) is 3.25. The number of hydrogen-bond acceptors (Lipinski definition) is 5. The summed E-state index contributed by atoms with van der Waals surface area (Å²) in [6, 6.07) is 7.89. The molecule has 0 radical (unpaired) electrons. The number of benzene rings is 1. The van der Waals surface area contributed by atoms with Crippen LogP contribution in [-0.4, -0.2) is 26.3 Å². The molecule has 1 heterocycles. The van der Waals surface area contributed by atoms with E-state index in [1.165, 1.54) is 19.4 Å². The molecule has 0 unspecified atom stereocenters. The molecule has 21 heavy (non-hydrogen) atoms. The number of rotatable bonds is 4. The highest BCUT2D eigenvalue weighted by atomic mass is 16.9. The summed E-state index contributed by atoms with van der Waals surface area (Å²) in [6.07, 6.45) is 0. The number of ether oxygens (including phenoxy) is 1. The molecule has 0 aliphatic carbocycles. The van der Waals surface area contributed by atoms with Crippen LogP contribution in [0.3, 0.4) is 0 Å². The topological polar surface area (TPSA) is 43.8 Å². The van der Waals surface area contributed by atoms with E-state index in [1.807, 2.05) is 24.3 Å². The Hall–Kier alpha value is -1.85. The fourth-order valence-corrected chi connectivity index (χ4v) is 2.28. The minimum atomic E-state index is -0.101. The van der Waals surface area contributed by atoms with Crippen LogP contribution in [0.15, 0.2) is 24.3 Å². The number of pyridine rings is 1. The first kappa shape index (κ1) is 15.5. The lowest BCUT2D eigenvalue weighted by Crippen LogP contribution is -2.23. The minimum absolute atomic E-state index is 0.101. The highest BCUT2D eigenvalue weighted by Crippen LogP contribution is 2.33. The molecule has 5 heteroatoms. The van der Waals surface area contributed by atoms with Gasteiger partial charge in [-0.1, -0.05) is 20.8 Å². The van der Waals surface area contributed by atoms with Crippen molar-refractivity contribution in [1.82, 2.24) is 4.98 Å². The largest absolute Gasteiger partial charge is 0.497 e. The van der Waals surface area contributed by atoms with Crippen LogP contribution in [0, 0.1) is 0 Å². The highest BCUT2D eigenvalue weighted by molar-refractivity contribution is 5.88. The summed E-state index contributed by atoms with van der Waals surface area (Å²) in [7, 11) is 4.74. The predicted molar refractivity (Wildman–Crippen MR) is 83.5 cm³/mol. The minimum Gasteiger partial charge on any atom is -0.497 e. The van der Waals surface area contributed by atoms with Gasteiger partial charge in [0.05, 0.1) is 27.0 Å². The van der Waals surface area contributed by atoms with Crippen LogP contribution in [0.25, 0.3) is 10.8 Å². The maximum absolute atomic E-state index is 5.30. The van der Waals surface area contributed by atoms with Crippen LogP contribution in [0.1, 0.15) is 26.5 Å². The summed E-state index contributed by atoms with van der Waals surface area (Å²) in [5.41, 5.74) is 0.882. The zero-order valence-electron chi connectivity index (χ0n) is 13.4. The Balaban J connectivity index is 2.73. The molecule has 0 saturated carbocycles. The fraction of sp³-hybridized carbons (Fsp3) is 0.438. The van der Waals surface area contributed by atoms with Crippen molar-refractivity contribution in [2.75, 3.05) is 26.6 Å². The lowest BCUT2D eigenvalue weighted by molar-refractivity contribution is -0.0452. The van der Waals surface area contributed by atoms with Crippen LogP contribution >= 0.6 is 0 Å². The maximum atomic E-state index is 5.30. The second-order valence-electron chi connectivity index (χ2n) is 5.79. The van der Waals surface area contributed by atoms with E-state index in [4.69, 9.17) is 19.4 Å². The Morgan fingerprint density at radius 2 is 1.67 bits per heavy atom. The van der Waals surface area contributed by atoms with E-state index < -0.39 is 0 Å². The molecule has 0 spiro atoms. The Morgan fingerprint density at radius 3 is 2.19 bits per heavy atom. The zero-order chi connectivity index (χ0) is 15.6. The van der Waals surface area contributed by atoms with Gasteiger partial charge in [-0.25, -0.2) is 4.98 Å². The molecule has 5 nitrogen and oxygen atoms in total. The molecule has 2 aromatic rings. The predicted octanol–water partition coefficient (Wildman–Crippen LogP) is 3.47. The molecule has 0 aliphatic rings. The van der Waals surface area contributed by atoms with Crippen molar-refractivity contribution < 1.29 is 14.4 Å². The van der Waals surface area contributed by atoms with Gasteiger partial charge in [0, 0.05) is 10.8 Å². The normalized spacial score (nSPS) is 11.7. The van der Waals surface area contributed by atoms with Gasteiger partial charge >= 0.3 is 0 Å². The summed E-state index contributed by atoms with van der Waals surface area (Å²) in [5.74, 6) is 1.41. The van der Waals surface area contributed by atoms with E-state index in [0.717, 1.165) is 22.2 Å². The number of methoxy groups -OCH3 is 1. The molecule has 0 saturated heterocycles. The van der Waals surface area contributed by atoms with Gasteiger partial charge in [-0.3, -0.25) is 9.68 Å². The monoisotopic (exact) mass is 290 g/mol. The van der Waals surface area contributed by atoms with E-state index in [2.05, 4.69) is 20.8 Å². The standard InChI is InChI=1S/C16H22N2O3/c1-16(2,3)15-13-8-7-12(19-4)9-11(13)10-14(17-15)18(20-5)21-6/h7-10H,1-6H3. The molecule has 2 rings (SSSR count). The molecule has 0 aliphatic heterocycles. The number of hydrogen-bond donors (Lipinski definition) is 0. The van der Waals surface area contributed by atoms with E-state index >= 15 is 0 Å². The maximum Gasteiger partial charge on any atom is 0.184 e. The number of nitrogens with zero attached hydrogens (tertiary/aromatic N) is 2. The van der Waals surface area contributed by atoms with Crippen molar-refractivity contribution in [3.05, 3.63) is 30.0 Å². The molecule has 0 fully saturated rings. The van der Waals surface area contributed by atoms with Gasteiger partial charge in [-0.15, -0.1) is 5.23 Å². The summed E-state index contributed by atoms with van der Waals surface area (Å²) in [5, 5.41) is 3.41. The van der Waals surface area contributed by atoms with Crippen LogP contribution in [0.2, 0.25) is 0 Å². The van der Waals surface area contributed by atoms with Crippen LogP contribution in [-0.2, 0) is 15.1 Å². The quantitative estimate of drug-likeness (QED) is 0.807. The third-order valence-electron chi connectivity index (χ3n) is 3.25. The van der Waals surface area contributed by atoms with Crippen molar-refractivity contribution >= 4 is 16.6 Å². The van der Waals surface area contributed by atoms with Crippen molar-refractivity contribution in [3.63, 3.8) is 0 Å². The van der Waals surface area contributed by atoms with Gasteiger partial charge in [0.2, 0.25) is 0 Å². The Bertz CT molecular complexity index is 631. The molecule has 0 amide bonds. The van der Waals surface area contributed by atoms with E-state index in [9.17, 15) is 0 Å². The van der Waals surface area contributed by atoms with Crippen LogP contribution in [0.5, 0.6) is 5.75 Å². The molecule has 0 bridgehead atoms. The molecule has 1 aromatic carbocycles. The van der Waals surface area contributed by atoms with E-state index in [1.54, 1.807) is 7.11 Å². The second kappa shape index (κ2) is 5.87. The van der Waals surface area contributed by atoms with Gasteiger partial charge in [0.15, 0.2) is 5.82 Å². The van der Waals surface area contributed by atoms with Crippen LogP contribution in [0.4, 0.5) is 5.82 Å². The van der Waals surface area contributed by atoms with Crippen molar-refractivity contribution in [1.29, 1.82) is 0 Å². The van der Waals surface area contributed by atoms with E-state index in [0.29, 0.717) is 5.82 Å². The average molecular weight is 290 g/mol. The van der Waals surface area contributed by atoms with Gasteiger partial charge in [0.25, 0.3) is 0 Å². The summed E-state index contributed by atoms with van der Waals surface area (Å²) >= 11 is 0. The lowest BCUT2D eigenvalue weighted by Gasteiger charge is -2.24. The number of aromatic nitrogens is 1. The van der Waals surface area contributed by atoms with Crippen molar-refractivity contribution in [3.8, 4) is 5.75 Å². The molecule has 0 N–H and O–H groups in total.